The van der Waals surface area contributed by atoms with Crippen LogP contribution in [0.3, 0.4) is 0 Å². The van der Waals surface area contributed by atoms with Crippen molar-refractivity contribution in [2.75, 3.05) is 6.54 Å². The standard InChI is InChI=1S/C21H20N4O3/c26-19-17-11-12-18(22(19)14-13-15-7-3-1-4-8-15)25-21(28)23(20(27)24(17)25)16-9-5-2-6-10-16/h1-10,17-18H,11-14H2/t17-,18+/m1/s1. The SMILES string of the molecule is O=C1[C@H]2CC[C@@H](N1CCc1ccccc1)n1c(=O)n(-c3ccccc3)c(=O)n12. The summed E-state index contributed by atoms with van der Waals surface area (Å²) < 4.78 is 4.01. The second-order valence-corrected chi connectivity index (χ2v) is 7.27. The lowest BCUT2D eigenvalue weighted by Gasteiger charge is -2.45. The molecule has 3 aromatic rings. The molecule has 7 nitrogen and oxygen atoms in total. The van der Waals surface area contributed by atoms with E-state index in [0.717, 1.165) is 5.56 Å². The number of hydrogen-bond donors (Lipinski definition) is 0. The molecular weight excluding hydrogens is 356 g/mol. The van der Waals surface area contributed by atoms with E-state index in [1.807, 2.05) is 36.4 Å². The summed E-state index contributed by atoms with van der Waals surface area (Å²) in [4.78, 5) is 40.9. The number of fused-ring (bicyclic) bond motifs is 2. The van der Waals surface area contributed by atoms with Gasteiger partial charge < -0.3 is 4.90 Å². The highest BCUT2D eigenvalue weighted by molar-refractivity contribution is 5.82. The molecule has 28 heavy (non-hydrogen) atoms. The van der Waals surface area contributed by atoms with Gasteiger partial charge in [0.15, 0.2) is 0 Å². The van der Waals surface area contributed by atoms with Crippen molar-refractivity contribution in [2.45, 2.75) is 31.5 Å². The summed E-state index contributed by atoms with van der Waals surface area (Å²) in [6, 6.07) is 18.2. The van der Waals surface area contributed by atoms with Crippen LogP contribution < -0.4 is 11.4 Å². The number of nitrogens with zero attached hydrogens (tertiary/aromatic N) is 4. The number of aromatic nitrogens is 3. The van der Waals surface area contributed by atoms with E-state index in [0.29, 0.717) is 31.5 Å². The van der Waals surface area contributed by atoms with Crippen LogP contribution in [0.1, 0.15) is 30.6 Å². The Morgan fingerprint density at radius 1 is 0.786 bits per heavy atom. The van der Waals surface area contributed by atoms with Crippen LogP contribution in [0.2, 0.25) is 0 Å². The molecule has 2 atom stereocenters. The van der Waals surface area contributed by atoms with E-state index in [1.54, 1.807) is 29.2 Å². The monoisotopic (exact) mass is 376 g/mol. The van der Waals surface area contributed by atoms with E-state index in [1.165, 1.54) is 13.9 Å². The molecule has 0 aliphatic carbocycles. The maximum absolute atomic E-state index is 13.1. The van der Waals surface area contributed by atoms with Gasteiger partial charge in [0.1, 0.15) is 12.2 Å². The Morgan fingerprint density at radius 2 is 1.43 bits per heavy atom. The molecule has 2 aromatic carbocycles. The average molecular weight is 376 g/mol. The lowest BCUT2D eigenvalue weighted by Crippen LogP contribution is -2.57. The third kappa shape index (κ3) is 2.39. The lowest BCUT2D eigenvalue weighted by molar-refractivity contribution is -0.152. The fourth-order valence-electron chi connectivity index (χ4n) is 4.38. The quantitative estimate of drug-likeness (QED) is 0.696. The summed E-state index contributed by atoms with van der Waals surface area (Å²) in [6.07, 6.45) is 1.58. The summed E-state index contributed by atoms with van der Waals surface area (Å²) in [7, 11) is 0. The van der Waals surface area contributed by atoms with Gasteiger partial charge >= 0.3 is 11.4 Å². The van der Waals surface area contributed by atoms with Gasteiger partial charge in [0.05, 0.1) is 5.69 Å². The number of amides is 1. The molecule has 1 saturated heterocycles. The molecule has 3 aliphatic rings. The van der Waals surface area contributed by atoms with Crippen LogP contribution in [0.4, 0.5) is 0 Å². The number of carbonyl (C=O) groups excluding carboxylic acids is 1. The topological polar surface area (TPSA) is 69.2 Å². The maximum atomic E-state index is 13.1. The number of piperidine rings is 1. The first-order chi connectivity index (χ1) is 13.7. The van der Waals surface area contributed by atoms with Crippen LogP contribution in [-0.2, 0) is 11.2 Å². The summed E-state index contributed by atoms with van der Waals surface area (Å²) in [6.45, 7) is 0.529. The first kappa shape index (κ1) is 16.8. The summed E-state index contributed by atoms with van der Waals surface area (Å²) >= 11 is 0. The first-order valence-corrected chi connectivity index (χ1v) is 9.52. The van der Waals surface area contributed by atoms with E-state index >= 15 is 0 Å². The summed E-state index contributed by atoms with van der Waals surface area (Å²) in [5.41, 5.74) is 0.836. The van der Waals surface area contributed by atoms with Crippen molar-refractivity contribution in [3.63, 3.8) is 0 Å². The van der Waals surface area contributed by atoms with E-state index in [4.69, 9.17) is 0 Å². The van der Waals surface area contributed by atoms with Crippen molar-refractivity contribution in [1.82, 2.24) is 18.8 Å². The van der Waals surface area contributed by atoms with Crippen molar-refractivity contribution in [3.05, 3.63) is 87.2 Å². The van der Waals surface area contributed by atoms with Gasteiger partial charge in [-0.3, -0.25) is 4.79 Å². The van der Waals surface area contributed by atoms with E-state index in [-0.39, 0.29) is 11.6 Å². The molecule has 0 unspecified atom stereocenters. The van der Waals surface area contributed by atoms with Crippen molar-refractivity contribution < 1.29 is 4.79 Å². The van der Waals surface area contributed by atoms with Crippen molar-refractivity contribution >= 4 is 5.91 Å². The van der Waals surface area contributed by atoms with Gasteiger partial charge in [0.2, 0.25) is 5.91 Å². The Kier molecular flexibility index (Phi) is 3.82. The molecule has 0 spiro atoms. The Labute approximate surface area is 161 Å². The second kappa shape index (κ2) is 6.37. The number of hydrogen-bond acceptors (Lipinski definition) is 3. The zero-order chi connectivity index (χ0) is 19.3. The largest absolute Gasteiger partial charge is 0.353 e. The van der Waals surface area contributed by atoms with Crippen LogP contribution in [0.25, 0.3) is 5.69 Å². The minimum Gasteiger partial charge on any atom is -0.318 e. The fourth-order valence-corrected chi connectivity index (χ4v) is 4.38. The molecule has 3 aliphatic heterocycles. The van der Waals surface area contributed by atoms with Crippen molar-refractivity contribution in [2.24, 2.45) is 0 Å². The van der Waals surface area contributed by atoms with Gasteiger partial charge in [-0.05, 0) is 37.0 Å². The van der Waals surface area contributed by atoms with Crippen LogP contribution in [0.15, 0.2) is 70.3 Å². The molecule has 6 rings (SSSR count). The summed E-state index contributed by atoms with van der Waals surface area (Å²) in [5.74, 6) is -0.0699. The molecule has 142 valence electrons. The smallest absolute Gasteiger partial charge is 0.318 e. The molecule has 7 heteroatoms. The highest BCUT2D eigenvalue weighted by Gasteiger charge is 2.46. The van der Waals surface area contributed by atoms with Crippen LogP contribution >= 0.6 is 0 Å². The number of rotatable bonds is 4. The Balaban J connectivity index is 1.55. The molecule has 4 heterocycles. The molecular formula is C21H20N4O3. The Morgan fingerprint density at radius 3 is 2.14 bits per heavy atom. The Hall–Kier alpha value is -3.35. The van der Waals surface area contributed by atoms with Crippen LogP contribution in [0.5, 0.6) is 0 Å². The third-order valence-electron chi connectivity index (χ3n) is 5.71. The van der Waals surface area contributed by atoms with Gasteiger partial charge in [-0.15, -0.1) is 0 Å². The second-order valence-electron chi connectivity index (χ2n) is 7.27. The molecule has 1 amide bonds. The zero-order valence-corrected chi connectivity index (χ0v) is 15.3. The van der Waals surface area contributed by atoms with Gasteiger partial charge in [-0.1, -0.05) is 48.5 Å². The first-order valence-electron chi connectivity index (χ1n) is 9.52. The number of para-hydroxylation sites is 1. The van der Waals surface area contributed by atoms with E-state index in [9.17, 15) is 14.4 Å². The highest BCUT2D eigenvalue weighted by atomic mass is 16.2. The highest BCUT2D eigenvalue weighted by Crippen LogP contribution is 2.37. The third-order valence-corrected chi connectivity index (χ3v) is 5.71. The average Bonchev–Trinajstić information content (AvgIpc) is 3.01. The molecule has 2 bridgehead atoms. The number of benzene rings is 2. The lowest BCUT2D eigenvalue weighted by atomic mass is 9.99. The van der Waals surface area contributed by atoms with Crippen LogP contribution in [0, 0.1) is 0 Å². The maximum Gasteiger partial charge on any atom is 0.353 e. The van der Waals surface area contributed by atoms with E-state index < -0.39 is 17.9 Å². The number of carbonyl (C=O) groups is 1. The normalized spacial score (nSPS) is 20.4. The minimum atomic E-state index is -0.606. The molecule has 0 saturated carbocycles. The van der Waals surface area contributed by atoms with Gasteiger partial charge in [0, 0.05) is 6.54 Å². The molecule has 1 fully saturated rings. The Bertz CT molecular complexity index is 1140. The van der Waals surface area contributed by atoms with Gasteiger partial charge in [-0.2, -0.15) is 0 Å². The molecule has 0 N–H and O–H groups in total. The van der Waals surface area contributed by atoms with Crippen molar-refractivity contribution in [3.8, 4) is 5.69 Å². The minimum absolute atomic E-state index is 0.0699. The van der Waals surface area contributed by atoms with Crippen LogP contribution in [-0.4, -0.2) is 31.3 Å². The zero-order valence-electron chi connectivity index (χ0n) is 15.3. The predicted molar refractivity (Wildman–Crippen MR) is 103 cm³/mol. The predicted octanol–water partition coefficient (Wildman–Crippen LogP) is 1.72. The van der Waals surface area contributed by atoms with Gasteiger partial charge in [-0.25, -0.2) is 23.5 Å². The van der Waals surface area contributed by atoms with E-state index in [2.05, 4.69) is 0 Å². The fraction of sp³-hybridized carbons (Fsp3) is 0.286. The molecule has 0 radical (unpaired) electrons. The molecule has 1 aromatic heterocycles. The van der Waals surface area contributed by atoms with Crippen molar-refractivity contribution in [1.29, 1.82) is 0 Å². The summed E-state index contributed by atoms with van der Waals surface area (Å²) in [5, 5.41) is 0. The van der Waals surface area contributed by atoms with Gasteiger partial charge in [0.25, 0.3) is 0 Å².